The average molecular weight is 270 g/mol. The number of ether oxygens (including phenoxy) is 1. The number of hydrogen-bond donors (Lipinski definition) is 0. The summed E-state index contributed by atoms with van der Waals surface area (Å²) in [7, 11) is -0.236. The van der Waals surface area contributed by atoms with Gasteiger partial charge in [-0.05, 0) is 24.6 Å². The fourth-order valence-corrected chi connectivity index (χ4v) is 4.71. The lowest BCUT2D eigenvalue weighted by Crippen LogP contribution is -2.39. The van der Waals surface area contributed by atoms with Gasteiger partial charge in [-0.3, -0.25) is 0 Å². The zero-order valence-electron chi connectivity index (χ0n) is 12.1. The zero-order chi connectivity index (χ0) is 14.0. The Morgan fingerprint density at radius 2 is 1.83 bits per heavy atom. The van der Waals surface area contributed by atoms with Crippen molar-refractivity contribution in [3.8, 4) is 0 Å². The second kappa shape index (κ2) is 9.11. The zero-order valence-corrected chi connectivity index (χ0v) is 13.1. The number of methoxy groups -OCH3 is 1. The van der Waals surface area contributed by atoms with Gasteiger partial charge in [-0.15, -0.1) is 6.58 Å². The minimum atomic E-state index is -1.61. The highest BCUT2D eigenvalue weighted by atomic mass is 28.4. The van der Waals surface area contributed by atoms with Gasteiger partial charge in [-0.1, -0.05) is 32.9 Å². The van der Waals surface area contributed by atoms with E-state index in [2.05, 4.69) is 32.1 Å². The molecule has 0 radical (unpaired) electrons. The molecule has 0 saturated heterocycles. The highest BCUT2D eigenvalue weighted by Gasteiger charge is 2.30. The Hall–Kier alpha value is -0.873. The van der Waals surface area contributed by atoms with E-state index >= 15 is 0 Å². The molecule has 0 amide bonds. The first-order valence-corrected chi connectivity index (χ1v) is 9.15. The van der Waals surface area contributed by atoms with Crippen LogP contribution in [-0.2, 0) is 14.0 Å². The number of rotatable bonds is 9. The number of carbonyl (C=O) groups is 1. The fourth-order valence-electron chi connectivity index (χ4n) is 1.88. The third kappa shape index (κ3) is 5.64. The normalized spacial score (nSPS) is 13.6. The quantitative estimate of drug-likeness (QED) is 0.277. The van der Waals surface area contributed by atoms with Crippen LogP contribution in [0.25, 0.3) is 0 Å². The summed E-state index contributed by atoms with van der Waals surface area (Å²) >= 11 is 0. The summed E-state index contributed by atoms with van der Waals surface area (Å²) in [5.41, 5.74) is 0. The Morgan fingerprint density at radius 3 is 2.22 bits per heavy atom. The molecule has 4 heteroatoms. The van der Waals surface area contributed by atoms with Gasteiger partial charge >= 0.3 is 5.97 Å². The molecule has 0 aromatic carbocycles. The van der Waals surface area contributed by atoms with Gasteiger partial charge in [0.05, 0.1) is 13.2 Å². The fraction of sp³-hybridized carbons (Fsp3) is 0.643. The monoisotopic (exact) mass is 270 g/mol. The third-order valence-corrected chi connectivity index (χ3v) is 8.09. The molecule has 3 nitrogen and oxygen atoms in total. The predicted molar refractivity (Wildman–Crippen MR) is 78.0 cm³/mol. The topological polar surface area (TPSA) is 35.5 Å². The van der Waals surface area contributed by atoms with E-state index in [-0.39, 0.29) is 12.1 Å². The average Bonchev–Trinajstić information content (AvgIpc) is 2.42. The lowest BCUT2D eigenvalue weighted by atomic mass is 10.2. The van der Waals surface area contributed by atoms with Gasteiger partial charge in [-0.2, -0.15) is 0 Å². The first-order chi connectivity index (χ1) is 8.57. The number of esters is 1. The predicted octanol–water partition coefficient (Wildman–Crippen LogP) is 3.68. The van der Waals surface area contributed by atoms with Gasteiger partial charge in [0.25, 0.3) is 0 Å². The van der Waals surface area contributed by atoms with E-state index in [1.54, 1.807) is 6.08 Å². The van der Waals surface area contributed by atoms with E-state index in [4.69, 9.17) is 4.43 Å². The lowest BCUT2D eigenvalue weighted by molar-refractivity contribution is -0.134. The van der Waals surface area contributed by atoms with Crippen molar-refractivity contribution in [1.29, 1.82) is 0 Å². The van der Waals surface area contributed by atoms with E-state index < -0.39 is 8.32 Å². The molecular formula is C14H26O3Si. The van der Waals surface area contributed by atoms with Crippen LogP contribution in [0, 0.1) is 0 Å². The van der Waals surface area contributed by atoms with Crippen LogP contribution in [0.5, 0.6) is 0 Å². The smallest absolute Gasteiger partial charge is 0.330 e. The van der Waals surface area contributed by atoms with E-state index in [1.807, 2.05) is 6.08 Å². The van der Waals surface area contributed by atoms with Crippen LogP contribution in [0.3, 0.4) is 0 Å². The largest absolute Gasteiger partial charge is 0.466 e. The molecular weight excluding hydrogens is 244 g/mol. The Morgan fingerprint density at radius 1 is 1.28 bits per heavy atom. The van der Waals surface area contributed by atoms with Gasteiger partial charge < -0.3 is 9.16 Å². The molecule has 1 atom stereocenters. The van der Waals surface area contributed by atoms with E-state index in [0.29, 0.717) is 6.42 Å². The van der Waals surface area contributed by atoms with Gasteiger partial charge in [-0.25, -0.2) is 4.79 Å². The van der Waals surface area contributed by atoms with Crippen LogP contribution in [0.1, 0.15) is 27.2 Å². The highest BCUT2D eigenvalue weighted by Crippen LogP contribution is 2.24. The molecule has 18 heavy (non-hydrogen) atoms. The Balaban J connectivity index is 4.46. The SMILES string of the molecule is C=CC(CC=CC(=O)OC)O[Si](CC)(CC)CC. The Bertz CT molecular complexity index is 274. The standard InChI is InChI=1S/C14H26O3Si/c1-6-13(11-10-12-14(15)16-5)17-18(7-2,8-3)9-4/h6,10,12-13H,1,7-9,11H2,2-5H3. The minimum absolute atomic E-state index is 0.00239. The summed E-state index contributed by atoms with van der Waals surface area (Å²) in [5.74, 6) is -0.331. The highest BCUT2D eigenvalue weighted by molar-refractivity contribution is 6.73. The molecule has 0 fully saturated rings. The second-order valence-corrected chi connectivity index (χ2v) is 9.02. The van der Waals surface area contributed by atoms with E-state index in [9.17, 15) is 4.79 Å². The molecule has 0 aliphatic carbocycles. The van der Waals surface area contributed by atoms with Crippen molar-refractivity contribution in [2.75, 3.05) is 7.11 Å². The minimum Gasteiger partial charge on any atom is -0.466 e. The molecule has 104 valence electrons. The lowest BCUT2D eigenvalue weighted by Gasteiger charge is -2.31. The number of hydrogen-bond acceptors (Lipinski definition) is 3. The van der Waals surface area contributed by atoms with Crippen LogP contribution >= 0.6 is 0 Å². The molecule has 0 aliphatic heterocycles. The summed E-state index contributed by atoms with van der Waals surface area (Å²) in [6.45, 7) is 10.4. The van der Waals surface area contributed by atoms with Gasteiger partial charge in [0, 0.05) is 6.08 Å². The molecule has 0 heterocycles. The van der Waals surface area contributed by atoms with Gasteiger partial charge in [0.15, 0.2) is 8.32 Å². The molecule has 0 saturated carbocycles. The van der Waals surface area contributed by atoms with Crippen LogP contribution < -0.4 is 0 Å². The molecule has 0 N–H and O–H groups in total. The maximum atomic E-state index is 11.0. The van der Waals surface area contributed by atoms with Crippen LogP contribution in [-0.4, -0.2) is 27.5 Å². The summed E-state index contributed by atoms with van der Waals surface area (Å²) in [4.78, 5) is 11.0. The van der Waals surface area contributed by atoms with Gasteiger partial charge in [0.1, 0.15) is 0 Å². The first-order valence-electron chi connectivity index (χ1n) is 6.62. The molecule has 0 bridgehead atoms. The molecule has 0 aromatic rings. The third-order valence-electron chi connectivity index (χ3n) is 3.42. The summed E-state index contributed by atoms with van der Waals surface area (Å²) in [6.07, 6.45) is 5.72. The first kappa shape index (κ1) is 17.1. The second-order valence-electron chi connectivity index (χ2n) is 4.30. The van der Waals surface area contributed by atoms with Crippen molar-refractivity contribution in [3.05, 3.63) is 24.8 Å². The summed E-state index contributed by atoms with van der Waals surface area (Å²) < 4.78 is 10.8. The molecule has 1 unspecified atom stereocenters. The van der Waals surface area contributed by atoms with Crippen molar-refractivity contribution >= 4 is 14.3 Å². The van der Waals surface area contributed by atoms with Crippen molar-refractivity contribution in [1.82, 2.24) is 0 Å². The maximum absolute atomic E-state index is 11.0. The maximum Gasteiger partial charge on any atom is 0.330 e. The van der Waals surface area contributed by atoms with E-state index in [1.165, 1.54) is 13.2 Å². The molecule has 0 spiro atoms. The van der Waals surface area contributed by atoms with Crippen molar-refractivity contribution in [3.63, 3.8) is 0 Å². The molecule has 0 rings (SSSR count). The van der Waals surface area contributed by atoms with E-state index in [0.717, 1.165) is 18.1 Å². The number of carbonyl (C=O) groups excluding carboxylic acids is 1. The summed E-state index contributed by atoms with van der Waals surface area (Å²) in [6, 6.07) is 3.35. The summed E-state index contributed by atoms with van der Waals surface area (Å²) in [5, 5.41) is 0. The van der Waals surface area contributed by atoms with Crippen LogP contribution in [0.4, 0.5) is 0 Å². The van der Waals surface area contributed by atoms with Gasteiger partial charge in [0.2, 0.25) is 0 Å². The molecule has 0 aliphatic rings. The van der Waals surface area contributed by atoms with Crippen molar-refractivity contribution in [2.24, 2.45) is 0 Å². The van der Waals surface area contributed by atoms with Crippen LogP contribution in [0.2, 0.25) is 18.1 Å². The Labute approximate surface area is 112 Å². The van der Waals surface area contributed by atoms with Crippen LogP contribution in [0.15, 0.2) is 24.8 Å². The molecule has 0 aromatic heterocycles. The Kier molecular flexibility index (Phi) is 8.67. The van der Waals surface area contributed by atoms with Crippen molar-refractivity contribution in [2.45, 2.75) is 51.4 Å². The van der Waals surface area contributed by atoms with Crippen molar-refractivity contribution < 1.29 is 14.0 Å².